The Bertz CT molecular complexity index is 2270. The zero-order valence-corrected chi connectivity index (χ0v) is 33.2. The SMILES string of the molecule is Cc1ccc(N(c2cccc(C)c2)c2c(C)c(N(c3ccc(C)cc3)c3cccc(C)c3)c(C)c(N(c3cccc(C)c3)c3cccc(C)c3)c2C)cc1. The molecule has 0 saturated heterocycles. The molecule has 7 rings (SSSR count). The lowest BCUT2D eigenvalue weighted by Gasteiger charge is -2.38. The highest BCUT2D eigenvalue weighted by Crippen LogP contribution is 2.53. The lowest BCUT2D eigenvalue weighted by molar-refractivity contribution is 1.13. The first-order valence-electron chi connectivity index (χ1n) is 18.9. The van der Waals surface area contributed by atoms with Gasteiger partial charge in [-0.15, -0.1) is 0 Å². The Labute approximate surface area is 322 Å². The van der Waals surface area contributed by atoms with E-state index in [1.54, 1.807) is 0 Å². The minimum Gasteiger partial charge on any atom is -0.310 e. The smallest absolute Gasteiger partial charge is 0.0562 e. The van der Waals surface area contributed by atoms with Crippen LogP contribution in [0.4, 0.5) is 51.2 Å². The molecule has 54 heavy (non-hydrogen) atoms. The number of nitrogens with zero attached hydrogens (tertiary/aromatic N) is 3. The Kier molecular flexibility index (Phi) is 10.2. The van der Waals surface area contributed by atoms with E-state index in [4.69, 9.17) is 0 Å². The largest absolute Gasteiger partial charge is 0.310 e. The minimum absolute atomic E-state index is 1.12. The molecule has 0 radical (unpaired) electrons. The molecule has 0 unspecified atom stereocenters. The summed E-state index contributed by atoms with van der Waals surface area (Å²) in [6.45, 7) is 20.0. The fourth-order valence-electron chi connectivity index (χ4n) is 7.86. The van der Waals surface area contributed by atoms with Crippen molar-refractivity contribution in [3.8, 4) is 0 Å². The van der Waals surface area contributed by atoms with E-state index < -0.39 is 0 Å². The molecule has 270 valence electrons. The molecular formula is C51H51N3. The maximum absolute atomic E-state index is 2.48. The molecule has 0 aliphatic carbocycles. The van der Waals surface area contributed by atoms with E-state index in [0.717, 1.165) is 51.2 Å². The summed E-state index contributed by atoms with van der Waals surface area (Å²) in [5, 5.41) is 0. The molecule has 0 fully saturated rings. The molecule has 0 aliphatic heterocycles. The van der Waals surface area contributed by atoms with E-state index in [2.05, 4.69) is 223 Å². The quantitative estimate of drug-likeness (QED) is 0.148. The molecule has 0 aromatic heterocycles. The van der Waals surface area contributed by atoms with Crippen LogP contribution in [0, 0.1) is 62.3 Å². The summed E-state index contributed by atoms with van der Waals surface area (Å²) in [6.07, 6.45) is 0. The second kappa shape index (κ2) is 15.1. The molecule has 0 saturated carbocycles. The summed E-state index contributed by atoms with van der Waals surface area (Å²) in [5.41, 5.74) is 21.2. The summed E-state index contributed by atoms with van der Waals surface area (Å²) in [4.78, 5) is 7.42. The van der Waals surface area contributed by atoms with Crippen molar-refractivity contribution in [3.05, 3.63) is 196 Å². The van der Waals surface area contributed by atoms with E-state index in [9.17, 15) is 0 Å². The fourth-order valence-corrected chi connectivity index (χ4v) is 7.86. The third-order valence-corrected chi connectivity index (χ3v) is 10.4. The number of aryl methyl sites for hydroxylation is 6. The van der Waals surface area contributed by atoms with Crippen molar-refractivity contribution < 1.29 is 0 Å². The summed E-state index contributed by atoms with van der Waals surface area (Å²) in [7, 11) is 0. The summed E-state index contributed by atoms with van der Waals surface area (Å²) in [6, 6.07) is 53.5. The van der Waals surface area contributed by atoms with Crippen LogP contribution in [-0.2, 0) is 0 Å². The molecule has 0 amide bonds. The van der Waals surface area contributed by atoms with Crippen LogP contribution in [-0.4, -0.2) is 0 Å². The molecule has 0 atom stereocenters. The van der Waals surface area contributed by atoms with Gasteiger partial charge in [-0.1, -0.05) is 83.9 Å². The van der Waals surface area contributed by atoms with Crippen molar-refractivity contribution in [3.63, 3.8) is 0 Å². The molecule has 7 aromatic rings. The molecule has 0 heterocycles. The monoisotopic (exact) mass is 705 g/mol. The highest BCUT2D eigenvalue weighted by atomic mass is 15.2. The van der Waals surface area contributed by atoms with Crippen LogP contribution in [0.25, 0.3) is 0 Å². The zero-order valence-electron chi connectivity index (χ0n) is 33.2. The van der Waals surface area contributed by atoms with Crippen LogP contribution in [0.1, 0.15) is 50.1 Å². The van der Waals surface area contributed by atoms with E-state index >= 15 is 0 Å². The molecule has 0 bridgehead atoms. The Morgan fingerprint density at radius 2 is 0.481 bits per heavy atom. The van der Waals surface area contributed by atoms with Crippen molar-refractivity contribution in [2.24, 2.45) is 0 Å². The highest BCUT2D eigenvalue weighted by Gasteiger charge is 2.31. The molecule has 0 N–H and O–H groups in total. The summed E-state index contributed by atoms with van der Waals surface area (Å²) < 4.78 is 0. The number of hydrogen-bond acceptors (Lipinski definition) is 3. The van der Waals surface area contributed by atoms with Gasteiger partial charge in [-0.3, -0.25) is 0 Å². The van der Waals surface area contributed by atoms with Gasteiger partial charge >= 0.3 is 0 Å². The molecule has 0 aliphatic rings. The van der Waals surface area contributed by atoms with Crippen molar-refractivity contribution in [1.29, 1.82) is 0 Å². The van der Waals surface area contributed by atoms with Crippen LogP contribution < -0.4 is 14.7 Å². The first kappa shape index (κ1) is 36.3. The molecule has 0 spiro atoms. The van der Waals surface area contributed by atoms with Crippen molar-refractivity contribution in [2.45, 2.75) is 62.3 Å². The maximum atomic E-state index is 2.48. The van der Waals surface area contributed by atoms with Gasteiger partial charge in [0.2, 0.25) is 0 Å². The van der Waals surface area contributed by atoms with Gasteiger partial charge in [0.1, 0.15) is 0 Å². The average molecular weight is 706 g/mol. The van der Waals surface area contributed by atoms with Gasteiger partial charge in [0.25, 0.3) is 0 Å². The van der Waals surface area contributed by atoms with Crippen LogP contribution in [0.15, 0.2) is 146 Å². The number of benzene rings is 7. The summed E-state index contributed by atoms with van der Waals surface area (Å²) >= 11 is 0. The van der Waals surface area contributed by atoms with E-state index in [0.29, 0.717) is 0 Å². The fraction of sp³-hybridized carbons (Fsp3) is 0.176. The normalized spacial score (nSPS) is 11.1. The van der Waals surface area contributed by atoms with Gasteiger partial charge < -0.3 is 14.7 Å². The lowest BCUT2D eigenvalue weighted by Crippen LogP contribution is -2.22. The van der Waals surface area contributed by atoms with Crippen LogP contribution in [0.5, 0.6) is 0 Å². The summed E-state index contributed by atoms with van der Waals surface area (Å²) in [5.74, 6) is 0. The zero-order chi connectivity index (χ0) is 38.1. The second-order valence-electron chi connectivity index (χ2n) is 15.0. The third-order valence-electron chi connectivity index (χ3n) is 10.4. The molecular weight excluding hydrogens is 655 g/mol. The minimum atomic E-state index is 1.12. The van der Waals surface area contributed by atoms with Crippen LogP contribution >= 0.6 is 0 Å². The van der Waals surface area contributed by atoms with Crippen molar-refractivity contribution in [2.75, 3.05) is 14.7 Å². The van der Waals surface area contributed by atoms with E-state index in [-0.39, 0.29) is 0 Å². The average Bonchev–Trinajstić information content (AvgIpc) is 3.14. The highest BCUT2D eigenvalue weighted by molar-refractivity contribution is 5.97. The predicted octanol–water partition coefficient (Wildman–Crippen LogP) is 14.9. The number of hydrogen-bond donors (Lipinski definition) is 0. The lowest BCUT2D eigenvalue weighted by atomic mass is 9.93. The Morgan fingerprint density at radius 3 is 0.722 bits per heavy atom. The Hall–Kier alpha value is -6.06. The third kappa shape index (κ3) is 7.15. The first-order valence-corrected chi connectivity index (χ1v) is 18.9. The number of anilines is 9. The van der Waals surface area contributed by atoms with Gasteiger partial charge in [0.05, 0.1) is 17.1 Å². The Balaban J connectivity index is 1.67. The van der Waals surface area contributed by atoms with Crippen molar-refractivity contribution in [1.82, 2.24) is 0 Å². The van der Waals surface area contributed by atoms with Gasteiger partial charge in [-0.2, -0.15) is 0 Å². The topological polar surface area (TPSA) is 9.72 Å². The first-order chi connectivity index (χ1) is 26.0. The van der Waals surface area contributed by atoms with E-state index in [1.807, 2.05) is 0 Å². The van der Waals surface area contributed by atoms with Gasteiger partial charge in [-0.05, 0) is 174 Å². The van der Waals surface area contributed by atoms with Gasteiger partial charge in [-0.25, -0.2) is 0 Å². The van der Waals surface area contributed by atoms with Crippen molar-refractivity contribution >= 4 is 51.2 Å². The van der Waals surface area contributed by atoms with Gasteiger partial charge in [0.15, 0.2) is 0 Å². The molecule has 7 aromatic carbocycles. The predicted molar refractivity (Wildman–Crippen MR) is 233 cm³/mol. The van der Waals surface area contributed by atoms with Crippen LogP contribution in [0.3, 0.4) is 0 Å². The standard InChI is InChI=1S/C51H51N3/c1-34-22-26-43(27-23-34)52(45-18-10-14-36(3)30-45)49-40(7)50(53(44-28-24-35(2)25-29-44)46-19-11-15-37(4)31-46)42(9)51(41(49)8)54(47-20-12-16-38(5)32-47)48-21-13-17-39(6)33-48/h10-33H,1-9H3. The molecule has 3 nitrogen and oxygen atoms in total. The van der Waals surface area contributed by atoms with Gasteiger partial charge in [0, 0.05) is 34.1 Å². The van der Waals surface area contributed by atoms with E-state index in [1.165, 1.54) is 50.1 Å². The number of rotatable bonds is 9. The Morgan fingerprint density at radius 1 is 0.241 bits per heavy atom. The van der Waals surface area contributed by atoms with Crippen LogP contribution in [0.2, 0.25) is 0 Å². The second-order valence-corrected chi connectivity index (χ2v) is 15.0. The molecule has 3 heteroatoms. The maximum Gasteiger partial charge on any atom is 0.0562 e.